The van der Waals surface area contributed by atoms with Crippen LogP contribution in [0.15, 0.2) is 38.5 Å². The van der Waals surface area contributed by atoms with Crippen molar-refractivity contribution in [2.24, 2.45) is 0 Å². The van der Waals surface area contributed by atoms with Crippen LogP contribution in [0.5, 0.6) is 0 Å². The van der Waals surface area contributed by atoms with Gasteiger partial charge in [0, 0.05) is 19.8 Å². The van der Waals surface area contributed by atoms with Crippen LogP contribution in [0.25, 0.3) is 0 Å². The largest absolute Gasteiger partial charge is 0.435 e. The van der Waals surface area contributed by atoms with Crippen LogP contribution in [-0.4, -0.2) is 17.9 Å². The van der Waals surface area contributed by atoms with Gasteiger partial charge in [-0.15, -0.1) is 0 Å². The summed E-state index contributed by atoms with van der Waals surface area (Å²) in [6, 6.07) is 0. The fourth-order valence-electron chi connectivity index (χ4n) is 0.650. The van der Waals surface area contributed by atoms with E-state index in [2.05, 4.69) is 33.9 Å². The summed E-state index contributed by atoms with van der Waals surface area (Å²) in [5.41, 5.74) is 0. The van der Waals surface area contributed by atoms with Crippen LogP contribution in [0.4, 0.5) is 0 Å². The third-order valence-electron chi connectivity index (χ3n) is 1.42. The third-order valence-corrected chi connectivity index (χ3v) is 1.42. The zero-order chi connectivity index (χ0) is 17.1. The van der Waals surface area contributed by atoms with E-state index in [-0.39, 0.29) is 17.9 Å². The Balaban J connectivity index is -0.000000234. The Hall–Kier alpha value is -2.37. The average Bonchev–Trinajstić information content (AvgIpc) is 2.41. The van der Waals surface area contributed by atoms with Crippen molar-refractivity contribution in [1.82, 2.24) is 0 Å². The van der Waals surface area contributed by atoms with Crippen molar-refractivity contribution in [3.05, 3.63) is 38.5 Å². The van der Waals surface area contributed by atoms with Crippen molar-refractivity contribution >= 4 is 17.9 Å². The van der Waals surface area contributed by atoms with Gasteiger partial charge in [0.1, 0.15) is 0 Å². The SMILES string of the molecule is C=COC(=O)CC.C=COC(=O)CCC.C=COC(C)=O. The van der Waals surface area contributed by atoms with Gasteiger partial charge in [0.15, 0.2) is 0 Å². The normalized spacial score (nSPS) is 7.57. The van der Waals surface area contributed by atoms with Crippen LogP contribution in [0, 0.1) is 0 Å². The molecule has 0 aromatic heterocycles. The highest BCUT2D eigenvalue weighted by Gasteiger charge is 1.94. The van der Waals surface area contributed by atoms with Gasteiger partial charge in [0.2, 0.25) is 0 Å². The lowest BCUT2D eigenvalue weighted by molar-refractivity contribution is -0.138. The predicted molar refractivity (Wildman–Crippen MR) is 79.7 cm³/mol. The van der Waals surface area contributed by atoms with Gasteiger partial charge < -0.3 is 14.2 Å². The van der Waals surface area contributed by atoms with E-state index >= 15 is 0 Å². The Morgan fingerprint density at radius 1 is 0.857 bits per heavy atom. The summed E-state index contributed by atoms with van der Waals surface area (Å²) < 4.78 is 12.9. The molecule has 0 N–H and O–H groups in total. The molecule has 0 heterocycles. The van der Waals surface area contributed by atoms with E-state index in [1.807, 2.05) is 6.92 Å². The van der Waals surface area contributed by atoms with E-state index in [9.17, 15) is 14.4 Å². The van der Waals surface area contributed by atoms with E-state index in [0.29, 0.717) is 12.8 Å². The van der Waals surface area contributed by atoms with Crippen LogP contribution in [0.2, 0.25) is 0 Å². The van der Waals surface area contributed by atoms with Crippen LogP contribution in [-0.2, 0) is 28.6 Å². The Labute approximate surface area is 126 Å². The third kappa shape index (κ3) is 31.8. The summed E-state index contributed by atoms with van der Waals surface area (Å²) in [7, 11) is 0. The zero-order valence-electron chi connectivity index (χ0n) is 12.9. The molecule has 0 bridgehead atoms. The highest BCUT2D eigenvalue weighted by atomic mass is 16.5. The number of hydrogen-bond donors (Lipinski definition) is 0. The van der Waals surface area contributed by atoms with Crippen molar-refractivity contribution in [2.75, 3.05) is 0 Å². The Bertz CT molecular complexity index is 333. The first kappa shape index (κ1) is 23.7. The Kier molecular flexibility index (Phi) is 22.5. The highest BCUT2D eigenvalue weighted by molar-refractivity contribution is 5.69. The number of carbonyl (C=O) groups is 3. The summed E-state index contributed by atoms with van der Waals surface area (Å²) in [4.78, 5) is 30.2. The Morgan fingerprint density at radius 3 is 1.48 bits per heavy atom. The molecule has 0 saturated heterocycles. The predicted octanol–water partition coefficient (Wildman–Crippen LogP) is 3.25. The first-order valence-electron chi connectivity index (χ1n) is 6.28. The maximum Gasteiger partial charge on any atom is 0.310 e. The molecule has 120 valence electrons. The van der Waals surface area contributed by atoms with Gasteiger partial charge in [-0.05, 0) is 6.42 Å². The van der Waals surface area contributed by atoms with Gasteiger partial charge in [-0.1, -0.05) is 33.6 Å². The van der Waals surface area contributed by atoms with Crippen LogP contribution >= 0.6 is 0 Å². The monoisotopic (exact) mass is 300 g/mol. The lowest BCUT2D eigenvalue weighted by atomic mass is 10.3. The molecule has 0 amide bonds. The molecule has 6 nitrogen and oxygen atoms in total. The molecule has 0 radical (unpaired) electrons. The molecule has 21 heavy (non-hydrogen) atoms. The van der Waals surface area contributed by atoms with Gasteiger partial charge in [-0.3, -0.25) is 14.4 Å². The topological polar surface area (TPSA) is 78.9 Å². The summed E-state index contributed by atoms with van der Waals surface area (Å²) >= 11 is 0. The standard InChI is InChI=1S/C6H10O2.C5H8O2.C4H6O2/c1-3-5-6(7)8-4-2;1-3-5(6)7-4-2;1-3-6-4(2)5/h4H,2-3,5H2,1H3;4H,2-3H2,1H3;3H,1H2,2H3. The van der Waals surface area contributed by atoms with Gasteiger partial charge >= 0.3 is 17.9 Å². The molecular formula is C15H24O6. The molecule has 0 fully saturated rings. The molecule has 6 heteroatoms. The minimum Gasteiger partial charge on any atom is -0.435 e. The van der Waals surface area contributed by atoms with Crippen molar-refractivity contribution in [3.63, 3.8) is 0 Å². The van der Waals surface area contributed by atoms with E-state index in [1.54, 1.807) is 6.92 Å². The molecule has 0 saturated carbocycles. The van der Waals surface area contributed by atoms with Gasteiger partial charge in [0.05, 0.1) is 18.8 Å². The van der Waals surface area contributed by atoms with E-state index in [0.717, 1.165) is 25.2 Å². The van der Waals surface area contributed by atoms with Crippen molar-refractivity contribution in [1.29, 1.82) is 0 Å². The fraction of sp³-hybridized carbons (Fsp3) is 0.400. The van der Waals surface area contributed by atoms with Crippen molar-refractivity contribution in [2.45, 2.75) is 40.0 Å². The molecule has 0 spiro atoms. The number of carbonyl (C=O) groups excluding carboxylic acids is 3. The minimum atomic E-state index is -0.329. The number of rotatable bonds is 6. The van der Waals surface area contributed by atoms with Gasteiger partial charge in [-0.25, -0.2) is 0 Å². The van der Waals surface area contributed by atoms with Crippen LogP contribution in [0.1, 0.15) is 40.0 Å². The van der Waals surface area contributed by atoms with Gasteiger partial charge in [-0.2, -0.15) is 0 Å². The maximum atomic E-state index is 10.3. The second-order valence-corrected chi connectivity index (χ2v) is 3.19. The average molecular weight is 300 g/mol. The Morgan fingerprint density at radius 2 is 1.29 bits per heavy atom. The molecule has 0 aliphatic heterocycles. The molecule has 0 atom stereocenters. The summed E-state index contributed by atoms with van der Waals surface area (Å²) in [5, 5.41) is 0. The van der Waals surface area contributed by atoms with E-state index in [4.69, 9.17) is 0 Å². The number of hydrogen-bond acceptors (Lipinski definition) is 6. The second kappa shape index (κ2) is 20.0. The molecule has 0 rings (SSSR count). The molecule has 0 aliphatic rings. The maximum absolute atomic E-state index is 10.3. The van der Waals surface area contributed by atoms with Gasteiger partial charge in [0.25, 0.3) is 0 Å². The molecule has 0 aromatic rings. The van der Waals surface area contributed by atoms with E-state index in [1.165, 1.54) is 6.92 Å². The summed E-state index contributed by atoms with van der Waals surface area (Å²) in [5.74, 6) is -0.775. The zero-order valence-corrected chi connectivity index (χ0v) is 12.9. The van der Waals surface area contributed by atoms with E-state index < -0.39 is 0 Å². The first-order chi connectivity index (χ1) is 9.89. The first-order valence-corrected chi connectivity index (χ1v) is 6.28. The lowest BCUT2D eigenvalue weighted by Crippen LogP contribution is -1.96. The summed E-state index contributed by atoms with van der Waals surface area (Å²) in [6.45, 7) is 14.6. The molecular weight excluding hydrogens is 276 g/mol. The fourth-order valence-corrected chi connectivity index (χ4v) is 0.650. The molecule has 0 unspecified atom stereocenters. The van der Waals surface area contributed by atoms with Crippen molar-refractivity contribution in [3.8, 4) is 0 Å². The second-order valence-electron chi connectivity index (χ2n) is 3.19. The lowest BCUT2D eigenvalue weighted by Gasteiger charge is -1.92. The number of esters is 3. The smallest absolute Gasteiger partial charge is 0.310 e. The quantitative estimate of drug-likeness (QED) is 0.425. The summed E-state index contributed by atoms with van der Waals surface area (Å²) in [6.07, 6.45) is 5.09. The molecule has 0 aliphatic carbocycles. The minimum absolute atomic E-state index is 0.206. The van der Waals surface area contributed by atoms with Crippen LogP contribution in [0.3, 0.4) is 0 Å². The van der Waals surface area contributed by atoms with Crippen LogP contribution < -0.4 is 0 Å². The number of ether oxygens (including phenoxy) is 3. The molecule has 0 aromatic carbocycles. The highest BCUT2D eigenvalue weighted by Crippen LogP contribution is 1.89. The van der Waals surface area contributed by atoms with Crippen molar-refractivity contribution < 1.29 is 28.6 Å².